The monoisotopic (exact) mass is 231 g/mol. The van der Waals surface area contributed by atoms with Crippen molar-refractivity contribution in [2.75, 3.05) is 18.4 Å². The van der Waals surface area contributed by atoms with E-state index in [1.165, 1.54) is 19.3 Å². The number of hydrogen-bond donors (Lipinski definition) is 2. The first-order valence-corrected chi connectivity index (χ1v) is 6.25. The van der Waals surface area contributed by atoms with Crippen LogP contribution in [0, 0.1) is 0 Å². The lowest BCUT2D eigenvalue weighted by Crippen LogP contribution is -2.39. The maximum Gasteiger partial charge on any atom is 0.295 e. The Bertz CT molecular complexity index is 455. The van der Waals surface area contributed by atoms with Crippen LogP contribution in [0.5, 0.6) is 0 Å². The van der Waals surface area contributed by atoms with Gasteiger partial charge in [0.05, 0.1) is 0 Å². The molecule has 90 valence electrons. The molecule has 1 aliphatic rings. The molecule has 0 amide bonds. The Morgan fingerprint density at radius 2 is 2.29 bits per heavy atom. The molecular weight excluding hydrogens is 214 g/mol. The molecule has 0 aliphatic carbocycles. The smallest absolute Gasteiger partial charge is 0.295 e. The Hall–Kier alpha value is -1.55. The third kappa shape index (κ3) is 2.42. The van der Waals surface area contributed by atoms with E-state index in [1.807, 2.05) is 24.3 Å². The minimum Gasteiger partial charge on any atom is -0.424 e. The van der Waals surface area contributed by atoms with E-state index < -0.39 is 0 Å². The molecule has 1 aromatic heterocycles. The van der Waals surface area contributed by atoms with E-state index in [9.17, 15) is 0 Å². The van der Waals surface area contributed by atoms with Crippen LogP contribution in [-0.2, 0) is 0 Å². The molecule has 0 radical (unpaired) electrons. The Morgan fingerprint density at radius 3 is 3.12 bits per heavy atom. The van der Waals surface area contributed by atoms with Gasteiger partial charge in [0.15, 0.2) is 5.58 Å². The molecule has 1 fully saturated rings. The fourth-order valence-corrected chi connectivity index (χ4v) is 2.26. The fraction of sp³-hybridized carbons (Fsp3) is 0.462. The van der Waals surface area contributed by atoms with Gasteiger partial charge in [-0.25, -0.2) is 0 Å². The molecule has 1 aliphatic heterocycles. The predicted octanol–water partition coefficient (Wildman–Crippen LogP) is 2.38. The van der Waals surface area contributed by atoms with E-state index >= 15 is 0 Å². The summed E-state index contributed by atoms with van der Waals surface area (Å²) in [4.78, 5) is 4.39. The van der Waals surface area contributed by atoms with Crippen molar-refractivity contribution in [2.24, 2.45) is 0 Å². The van der Waals surface area contributed by atoms with Crippen molar-refractivity contribution < 1.29 is 4.42 Å². The van der Waals surface area contributed by atoms with Gasteiger partial charge in [-0.1, -0.05) is 18.6 Å². The molecule has 2 heterocycles. The van der Waals surface area contributed by atoms with Crippen LogP contribution in [-0.4, -0.2) is 24.1 Å². The van der Waals surface area contributed by atoms with Gasteiger partial charge in [-0.3, -0.25) is 0 Å². The van der Waals surface area contributed by atoms with Crippen molar-refractivity contribution in [3.8, 4) is 0 Å². The minimum atomic E-state index is 0.541. The molecule has 17 heavy (non-hydrogen) atoms. The average Bonchev–Trinajstić information content (AvgIpc) is 2.80. The van der Waals surface area contributed by atoms with Gasteiger partial charge in [-0.15, -0.1) is 0 Å². The molecule has 2 aromatic rings. The number of rotatable bonds is 3. The fourth-order valence-electron chi connectivity index (χ4n) is 2.26. The van der Waals surface area contributed by atoms with E-state index in [4.69, 9.17) is 4.42 Å². The van der Waals surface area contributed by atoms with Crippen LogP contribution in [0.1, 0.15) is 19.3 Å². The normalized spacial score (nSPS) is 20.6. The van der Waals surface area contributed by atoms with Gasteiger partial charge < -0.3 is 15.1 Å². The molecule has 2 N–H and O–H groups in total. The number of nitrogens with zero attached hydrogens (tertiary/aromatic N) is 1. The van der Waals surface area contributed by atoms with Crippen molar-refractivity contribution in [3.63, 3.8) is 0 Å². The number of oxazole rings is 1. The summed E-state index contributed by atoms with van der Waals surface area (Å²) in [6.07, 6.45) is 3.83. The highest BCUT2D eigenvalue weighted by atomic mass is 16.4. The van der Waals surface area contributed by atoms with E-state index in [0.29, 0.717) is 12.1 Å². The van der Waals surface area contributed by atoms with Gasteiger partial charge in [0.1, 0.15) is 5.52 Å². The topological polar surface area (TPSA) is 50.1 Å². The zero-order chi connectivity index (χ0) is 11.5. The Morgan fingerprint density at radius 1 is 1.35 bits per heavy atom. The Labute approximate surface area is 100 Å². The highest BCUT2D eigenvalue weighted by molar-refractivity contribution is 5.74. The van der Waals surface area contributed by atoms with Crippen LogP contribution in [0.3, 0.4) is 0 Å². The standard InChI is InChI=1S/C13H17N3O/c1-2-7-12-11(6-1)16-13(17-12)15-9-10-5-3-4-8-14-10/h1-2,6-7,10,14H,3-5,8-9H2,(H,15,16)/t10-/m0/s1. The molecule has 0 bridgehead atoms. The van der Waals surface area contributed by atoms with Crippen molar-refractivity contribution in [3.05, 3.63) is 24.3 Å². The number of para-hydroxylation sites is 2. The summed E-state index contributed by atoms with van der Waals surface area (Å²) in [6, 6.07) is 8.99. The van der Waals surface area contributed by atoms with Gasteiger partial charge in [0.2, 0.25) is 0 Å². The van der Waals surface area contributed by atoms with E-state index in [-0.39, 0.29) is 0 Å². The second kappa shape index (κ2) is 4.75. The molecule has 1 saturated heterocycles. The Balaban J connectivity index is 1.64. The summed E-state index contributed by atoms with van der Waals surface area (Å²) in [5, 5.41) is 6.75. The molecule has 4 heteroatoms. The summed E-state index contributed by atoms with van der Waals surface area (Å²) < 4.78 is 5.61. The molecule has 4 nitrogen and oxygen atoms in total. The molecular formula is C13H17N3O. The molecule has 0 unspecified atom stereocenters. The van der Waals surface area contributed by atoms with Crippen LogP contribution in [0.25, 0.3) is 11.1 Å². The number of nitrogens with one attached hydrogen (secondary N) is 2. The molecule has 0 spiro atoms. The molecule has 1 atom stereocenters. The van der Waals surface area contributed by atoms with Crippen LogP contribution in [0.2, 0.25) is 0 Å². The summed E-state index contributed by atoms with van der Waals surface area (Å²) in [7, 11) is 0. The number of aromatic nitrogens is 1. The van der Waals surface area contributed by atoms with Gasteiger partial charge in [0.25, 0.3) is 6.01 Å². The molecule has 0 saturated carbocycles. The summed E-state index contributed by atoms with van der Waals surface area (Å²) in [6.45, 7) is 2.01. The van der Waals surface area contributed by atoms with Gasteiger partial charge >= 0.3 is 0 Å². The first-order chi connectivity index (χ1) is 8.42. The number of hydrogen-bond acceptors (Lipinski definition) is 4. The quantitative estimate of drug-likeness (QED) is 0.851. The van der Waals surface area contributed by atoms with Crippen molar-refractivity contribution >= 4 is 17.1 Å². The zero-order valence-corrected chi connectivity index (χ0v) is 9.78. The van der Waals surface area contributed by atoms with Crippen molar-refractivity contribution in [2.45, 2.75) is 25.3 Å². The van der Waals surface area contributed by atoms with Crippen LogP contribution in [0.4, 0.5) is 6.01 Å². The van der Waals surface area contributed by atoms with E-state index in [0.717, 1.165) is 24.2 Å². The Kier molecular flexibility index (Phi) is 2.96. The minimum absolute atomic E-state index is 0.541. The lowest BCUT2D eigenvalue weighted by atomic mass is 10.1. The molecule has 3 rings (SSSR count). The largest absolute Gasteiger partial charge is 0.424 e. The van der Waals surface area contributed by atoms with Crippen molar-refractivity contribution in [1.82, 2.24) is 10.3 Å². The second-order valence-electron chi connectivity index (χ2n) is 4.51. The van der Waals surface area contributed by atoms with Gasteiger partial charge in [-0.05, 0) is 31.5 Å². The average molecular weight is 231 g/mol. The van der Waals surface area contributed by atoms with Crippen molar-refractivity contribution in [1.29, 1.82) is 0 Å². The summed E-state index contributed by atoms with van der Waals surface area (Å²) >= 11 is 0. The van der Waals surface area contributed by atoms with Gasteiger partial charge in [-0.2, -0.15) is 4.98 Å². The maximum atomic E-state index is 5.61. The SMILES string of the molecule is c1ccc2oc(NC[C@@H]3CCCCN3)nc2c1. The van der Waals surface area contributed by atoms with Gasteiger partial charge in [0, 0.05) is 12.6 Å². The first-order valence-electron chi connectivity index (χ1n) is 6.25. The van der Waals surface area contributed by atoms with E-state index in [1.54, 1.807) is 0 Å². The number of benzene rings is 1. The predicted molar refractivity (Wildman–Crippen MR) is 68.1 cm³/mol. The molecule has 1 aromatic carbocycles. The summed E-state index contributed by atoms with van der Waals surface area (Å²) in [5.41, 5.74) is 1.75. The third-order valence-corrected chi connectivity index (χ3v) is 3.21. The number of piperidine rings is 1. The van der Waals surface area contributed by atoms with Crippen LogP contribution in [0.15, 0.2) is 28.7 Å². The lowest BCUT2D eigenvalue weighted by Gasteiger charge is -2.23. The van der Waals surface area contributed by atoms with Crippen LogP contribution < -0.4 is 10.6 Å². The maximum absolute atomic E-state index is 5.61. The highest BCUT2D eigenvalue weighted by Crippen LogP contribution is 2.18. The van der Waals surface area contributed by atoms with E-state index in [2.05, 4.69) is 15.6 Å². The first kappa shape index (κ1) is 10.6. The van der Waals surface area contributed by atoms with Crippen LogP contribution >= 0.6 is 0 Å². The second-order valence-corrected chi connectivity index (χ2v) is 4.51. The zero-order valence-electron chi connectivity index (χ0n) is 9.78. The number of anilines is 1. The lowest BCUT2D eigenvalue weighted by molar-refractivity contribution is 0.411. The number of fused-ring (bicyclic) bond motifs is 1. The highest BCUT2D eigenvalue weighted by Gasteiger charge is 2.13. The summed E-state index contributed by atoms with van der Waals surface area (Å²) in [5.74, 6) is 0. The third-order valence-electron chi connectivity index (χ3n) is 3.21.